The van der Waals surface area contributed by atoms with E-state index < -0.39 is 54.2 Å². The first-order valence-corrected chi connectivity index (χ1v) is 9.72. The van der Waals surface area contributed by atoms with Gasteiger partial charge in [-0.25, -0.2) is 4.79 Å². The lowest BCUT2D eigenvalue weighted by molar-refractivity contribution is -0.143. The molecule has 12 nitrogen and oxygen atoms in total. The first-order chi connectivity index (χ1) is 15.1. The van der Waals surface area contributed by atoms with Crippen LogP contribution in [-0.4, -0.2) is 69.5 Å². The number of carboxylic acids is 2. The lowest BCUT2D eigenvalue weighted by Gasteiger charge is -2.22. The monoisotopic (exact) mass is 447 g/mol. The van der Waals surface area contributed by atoms with Crippen LogP contribution in [0.25, 0.3) is 10.9 Å². The zero-order chi connectivity index (χ0) is 23.8. The Balaban J connectivity index is 2.13. The van der Waals surface area contributed by atoms with Crippen LogP contribution in [0.2, 0.25) is 0 Å². The Morgan fingerprint density at radius 3 is 2.28 bits per heavy atom. The Labute approximate surface area is 182 Å². The van der Waals surface area contributed by atoms with Gasteiger partial charge in [-0.15, -0.1) is 0 Å². The van der Waals surface area contributed by atoms with E-state index in [2.05, 4.69) is 20.9 Å². The van der Waals surface area contributed by atoms with E-state index in [9.17, 15) is 29.1 Å². The van der Waals surface area contributed by atoms with E-state index in [1.165, 1.54) is 6.92 Å². The molecular formula is C20H25N5O7. The van der Waals surface area contributed by atoms with Crippen LogP contribution in [0.5, 0.6) is 0 Å². The molecule has 0 aliphatic rings. The molecule has 0 fully saturated rings. The Morgan fingerprint density at radius 1 is 1.00 bits per heavy atom. The average Bonchev–Trinajstić information content (AvgIpc) is 3.14. The van der Waals surface area contributed by atoms with Crippen molar-refractivity contribution >= 4 is 40.6 Å². The highest BCUT2D eigenvalue weighted by Crippen LogP contribution is 2.19. The van der Waals surface area contributed by atoms with E-state index in [-0.39, 0.29) is 13.0 Å². The number of carboxylic acid groups (broad SMARTS) is 2. The van der Waals surface area contributed by atoms with Gasteiger partial charge in [0.2, 0.25) is 17.7 Å². The molecule has 3 atom stereocenters. The minimum atomic E-state index is -1.55. The predicted octanol–water partition coefficient (Wildman–Crippen LogP) is -1.30. The number of aliphatic carboxylic acids is 2. The topological polar surface area (TPSA) is 204 Å². The van der Waals surface area contributed by atoms with Crippen molar-refractivity contribution in [2.75, 3.05) is 6.54 Å². The van der Waals surface area contributed by atoms with Gasteiger partial charge in [-0.05, 0) is 18.6 Å². The van der Waals surface area contributed by atoms with Crippen LogP contribution in [0, 0.1) is 0 Å². The molecule has 3 amide bonds. The van der Waals surface area contributed by atoms with Crippen molar-refractivity contribution in [3.05, 3.63) is 36.0 Å². The molecule has 1 heterocycles. The number of nitrogens with two attached hydrogens (primary N) is 1. The molecule has 172 valence electrons. The van der Waals surface area contributed by atoms with Crippen LogP contribution in [0.1, 0.15) is 18.9 Å². The Bertz CT molecular complexity index is 1020. The van der Waals surface area contributed by atoms with Crippen LogP contribution in [0.15, 0.2) is 30.5 Å². The zero-order valence-electron chi connectivity index (χ0n) is 17.3. The third-order valence-electron chi connectivity index (χ3n) is 4.68. The Kier molecular flexibility index (Phi) is 8.30. The summed E-state index contributed by atoms with van der Waals surface area (Å²) in [6, 6.07) is 3.21. The standard InChI is InChI=1S/C20H25N5O7/c1-10(23-16(26)8-21)18(29)24-14(7-17(27)28)19(30)25-15(20(31)32)6-11-9-22-13-5-3-2-4-12(11)13/h2-5,9-10,14-15,22H,6-8,21H2,1H3,(H,23,26)(H,24,29)(H,25,30)(H,27,28)(H,31,32). The van der Waals surface area contributed by atoms with Gasteiger partial charge in [-0.2, -0.15) is 0 Å². The van der Waals surface area contributed by atoms with Gasteiger partial charge in [0, 0.05) is 23.5 Å². The number of benzene rings is 1. The van der Waals surface area contributed by atoms with Crippen LogP contribution >= 0.6 is 0 Å². The van der Waals surface area contributed by atoms with Gasteiger partial charge in [0.05, 0.1) is 13.0 Å². The van der Waals surface area contributed by atoms with Crippen molar-refractivity contribution in [1.29, 1.82) is 0 Å². The SMILES string of the molecule is CC(NC(=O)CN)C(=O)NC(CC(=O)O)C(=O)NC(Cc1c[nH]c2ccccc12)C(=O)O. The third-order valence-corrected chi connectivity index (χ3v) is 4.68. The van der Waals surface area contributed by atoms with Crippen molar-refractivity contribution in [2.24, 2.45) is 5.73 Å². The lowest BCUT2D eigenvalue weighted by atomic mass is 10.0. The third kappa shape index (κ3) is 6.54. The summed E-state index contributed by atoms with van der Waals surface area (Å²) in [4.78, 5) is 62.2. The second kappa shape index (κ2) is 10.9. The number of hydrogen-bond donors (Lipinski definition) is 7. The summed E-state index contributed by atoms with van der Waals surface area (Å²) >= 11 is 0. The molecule has 0 radical (unpaired) electrons. The number of fused-ring (bicyclic) bond motifs is 1. The predicted molar refractivity (Wildman–Crippen MR) is 112 cm³/mol. The maximum Gasteiger partial charge on any atom is 0.326 e. The van der Waals surface area contributed by atoms with Gasteiger partial charge in [0.1, 0.15) is 18.1 Å². The second-order valence-corrected chi connectivity index (χ2v) is 7.12. The molecule has 0 saturated heterocycles. The normalized spacial score (nSPS) is 13.6. The van der Waals surface area contributed by atoms with Crippen molar-refractivity contribution < 1.29 is 34.2 Å². The molecule has 8 N–H and O–H groups in total. The average molecular weight is 447 g/mol. The molecule has 0 aliphatic heterocycles. The summed E-state index contributed by atoms with van der Waals surface area (Å²) in [6.07, 6.45) is 0.779. The van der Waals surface area contributed by atoms with E-state index >= 15 is 0 Å². The number of carbonyl (C=O) groups is 5. The van der Waals surface area contributed by atoms with Crippen LogP contribution in [0.4, 0.5) is 0 Å². The molecule has 3 unspecified atom stereocenters. The maximum absolute atomic E-state index is 12.7. The van der Waals surface area contributed by atoms with Crippen molar-refractivity contribution in [3.63, 3.8) is 0 Å². The highest BCUT2D eigenvalue weighted by molar-refractivity contribution is 5.95. The molecule has 0 bridgehead atoms. The van der Waals surface area contributed by atoms with Gasteiger partial charge >= 0.3 is 11.9 Å². The summed E-state index contributed by atoms with van der Waals surface area (Å²) in [5.41, 5.74) is 6.60. The molecular weight excluding hydrogens is 422 g/mol. The number of amides is 3. The summed E-state index contributed by atoms with van der Waals surface area (Å²) < 4.78 is 0. The molecule has 12 heteroatoms. The fraction of sp³-hybridized carbons (Fsp3) is 0.350. The van der Waals surface area contributed by atoms with Gasteiger partial charge in [0.15, 0.2) is 0 Å². The molecule has 1 aromatic carbocycles. The highest BCUT2D eigenvalue weighted by atomic mass is 16.4. The fourth-order valence-corrected chi connectivity index (χ4v) is 3.04. The Hall–Kier alpha value is -3.93. The van der Waals surface area contributed by atoms with Crippen molar-refractivity contribution in [2.45, 2.75) is 37.9 Å². The van der Waals surface area contributed by atoms with Crippen LogP contribution in [-0.2, 0) is 30.4 Å². The highest BCUT2D eigenvalue weighted by Gasteiger charge is 2.30. The summed E-state index contributed by atoms with van der Waals surface area (Å²) in [5, 5.41) is 26.2. The molecule has 32 heavy (non-hydrogen) atoms. The van der Waals surface area contributed by atoms with E-state index in [0.717, 1.165) is 10.9 Å². The first kappa shape index (κ1) is 24.3. The summed E-state index contributed by atoms with van der Waals surface area (Å²) in [6.45, 7) is 0.973. The van der Waals surface area contributed by atoms with Crippen LogP contribution < -0.4 is 21.7 Å². The van der Waals surface area contributed by atoms with E-state index in [1.807, 2.05) is 12.1 Å². The molecule has 0 saturated carbocycles. The quantitative estimate of drug-likeness (QED) is 0.220. The zero-order valence-corrected chi connectivity index (χ0v) is 17.3. The van der Waals surface area contributed by atoms with Crippen LogP contribution in [0.3, 0.4) is 0 Å². The molecule has 1 aromatic heterocycles. The minimum absolute atomic E-state index is 0.0677. The summed E-state index contributed by atoms with van der Waals surface area (Å²) in [7, 11) is 0. The van der Waals surface area contributed by atoms with Gasteiger partial charge in [-0.3, -0.25) is 19.2 Å². The number of para-hydroxylation sites is 1. The molecule has 2 aromatic rings. The van der Waals surface area contributed by atoms with Crippen molar-refractivity contribution in [3.8, 4) is 0 Å². The maximum atomic E-state index is 12.7. The first-order valence-electron chi connectivity index (χ1n) is 9.72. The van der Waals surface area contributed by atoms with E-state index in [4.69, 9.17) is 10.8 Å². The number of H-pyrrole nitrogens is 1. The van der Waals surface area contributed by atoms with Gasteiger partial charge < -0.3 is 36.9 Å². The smallest absolute Gasteiger partial charge is 0.326 e. The second-order valence-electron chi connectivity index (χ2n) is 7.12. The van der Waals surface area contributed by atoms with Gasteiger partial charge in [-0.1, -0.05) is 18.2 Å². The van der Waals surface area contributed by atoms with Crippen molar-refractivity contribution in [1.82, 2.24) is 20.9 Å². The number of aromatic amines is 1. The van der Waals surface area contributed by atoms with E-state index in [0.29, 0.717) is 5.56 Å². The fourth-order valence-electron chi connectivity index (χ4n) is 3.04. The number of nitrogens with one attached hydrogen (secondary N) is 4. The largest absolute Gasteiger partial charge is 0.481 e. The lowest BCUT2D eigenvalue weighted by Crippen LogP contribution is -2.56. The number of hydrogen-bond acceptors (Lipinski definition) is 6. The van der Waals surface area contributed by atoms with Gasteiger partial charge in [0.25, 0.3) is 0 Å². The number of aromatic nitrogens is 1. The molecule has 0 spiro atoms. The Morgan fingerprint density at radius 2 is 1.66 bits per heavy atom. The van der Waals surface area contributed by atoms with E-state index in [1.54, 1.807) is 18.3 Å². The molecule has 2 rings (SSSR count). The number of rotatable bonds is 11. The molecule has 0 aliphatic carbocycles. The number of carbonyl (C=O) groups excluding carboxylic acids is 3. The summed E-state index contributed by atoms with van der Waals surface area (Å²) in [5.74, 6) is -5.13. The minimum Gasteiger partial charge on any atom is -0.481 e.